The second-order valence-corrected chi connectivity index (χ2v) is 6.91. The van der Waals surface area contributed by atoms with E-state index in [1.807, 2.05) is 0 Å². The summed E-state index contributed by atoms with van der Waals surface area (Å²) < 4.78 is 11.8. The number of para-hydroxylation sites is 1. The molecule has 2 aromatic rings. The smallest absolute Gasteiger partial charge is 0.274 e. The molecular formula is C21H25N3O5. The van der Waals surface area contributed by atoms with Crippen LogP contribution in [0, 0.1) is 0 Å². The molecule has 2 amide bonds. The Morgan fingerprint density at radius 3 is 2.45 bits per heavy atom. The van der Waals surface area contributed by atoms with E-state index in [4.69, 9.17) is 9.47 Å². The molecule has 0 radical (unpaired) electrons. The maximum atomic E-state index is 12.8. The summed E-state index contributed by atoms with van der Waals surface area (Å²) in [5, 5.41) is 2.61. The Balaban J connectivity index is 1.91. The summed E-state index contributed by atoms with van der Waals surface area (Å²) in [4.78, 5) is 39.9. The Bertz CT molecular complexity index is 977. The standard InChI is InChI=1S/C21H25N3O5/c1-23-13-14(20(26)24-10-5-4-6-11-24)12-16(21(23)27)22-19(25)15-8-7-9-17(28-2)18(15)29-3/h7-9,12-13H,4-6,10-11H2,1-3H3,(H,22,25). The highest BCUT2D eigenvalue weighted by molar-refractivity contribution is 6.07. The van der Waals surface area contributed by atoms with Gasteiger partial charge in [-0.15, -0.1) is 0 Å². The molecular weight excluding hydrogens is 374 g/mol. The topological polar surface area (TPSA) is 89.9 Å². The van der Waals surface area contributed by atoms with Gasteiger partial charge in [0.2, 0.25) is 0 Å². The van der Waals surface area contributed by atoms with Crippen molar-refractivity contribution in [1.29, 1.82) is 0 Å². The number of likely N-dealkylation sites (tertiary alicyclic amines) is 1. The van der Waals surface area contributed by atoms with Gasteiger partial charge in [0, 0.05) is 26.3 Å². The zero-order valence-electron chi connectivity index (χ0n) is 16.9. The van der Waals surface area contributed by atoms with E-state index >= 15 is 0 Å². The van der Waals surface area contributed by atoms with Crippen LogP contribution in [0.2, 0.25) is 0 Å². The third-order valence-electron chi connectivity index (χ3n) is 4.97. The summed E-state index contributed by atoms with van der Waals surface area (Å²) in [6.07, 6.45) is 4.55. The van der Waals surface area contributed by atoms with Gasteiger partial charge < -0.3 is 24.3 Å². The van der Waals surface area contributed by atoms with E-state index in [-0.39, 0.29) is 22.9 Å². The first kappa shape index (κ1) is 20.4. The molecule has 2 heterocycles. The molecule has 8 heteroatoms. The number of aromatic nitrogens is 1. The van der Waals surface area contributed by atoms with E-state index in [1.54, 1.807) is 30.1 Å². The van der Waals surface area contributed by atoms with E-state index in [9.17, 15) is 14.4 Å². The molecule has 1 N–H and O–H groups in total. The molecule has 1 aliphatic rings. The van der Waals surface area contributed by atoms with Gasteiger partial charge in [-0.05, 0) is 37.5 Å². The highest BCUT2D eigenvalue weighted by atomic mass is 16.5. The predicted octanol–water partition coefficient (Wildman–Crippen LogP) is 2.28. The number of amides is 2. The van der Waals surface area contributed by atoms with Gasteiger partial charge in [0.05, 0.1) is 25.3 Å². The molecule has 0 aliphatic carbocycles. The summed E-state index contributed by atoms with van der Waals surface area (Å²) in [5.41, 5.74) is 0.212. The zero-order chi connectivity index (χ0) is 21.0. The summed E-state index contributed by atoms with van der Waals surface area (Å²) in [5.74, 6) is 0.00197. The van der Waals surface area contributed by atoms with Crippen molar-refractivity contribution < 1.29 is 19.1 Å². The van der Waals surface area contributed by atoms with Crippen molar-refractivity contribution in [2.75, 3.05) is 32.6 Å². The van der Waals surface area contributed by atoms with Crippen molar-refractivity contribution in [1.82, 2.24) is 9.47 Å². The molecule has 1 aromatic carbocycles. The van der Waals surface area contributed by atoms with E-state index in [1.165, 1.54) is 31.0 Å². The van der Waals surface area contributed by atoms with Crippen LogP contribution in [-0.4, -0.2) is 48.6 Å². The lowest BCUT2D eigenvalue weighted by molar-refractivity contribution is 0.0723. The maximum Gasteiger partial charge on any atom is 0.274 e. The quantitative estimate of drug-likeness (QED) is 0.833. The van der Waals surface area contributed by atoms with Crippen LogP contribution < -0.4 is 20.3 Å². The van der Waals surface area contributed by atoms with Crippen molar-refractivity contribution in [3.63, 3.8) is 0 Å². The van der Waals surface area contributed by atoms with Gasteiger partial charge in [0.15, 0.2) is 11.5 Å². The second kappa shape index (κ2) is 8.81. The fraction of sp³-hybridized carbons (Fsp3) is 0.381. The number of carbonyl (C=O) groups is 2. The van der Waals surface area contributed by atoms with Gasteiger partial charge >= 0.3 is 0 Å². The number of rotatable bonds is 5. The highest BCUT2D eigenvalue weighted by Gasteiger charge is 2.22. The minimum absolute atomic E-state index is 0.0326. The minimum Gasteiger partial charge on any atom is -0.493 e. The number of nitrogens with zero attached hydrogens (tertiary/aromatic N) is 2. The van der Waals surface area contributed by atoms with Crippen LogP contribution in [0.1, 0.15) is 40.0 Å². The van der Waals surface area contributed by atoms with Gasteiger partial charge in [-0.3, -0.25) is 14.4 Å². The number of aryl methyl sites for hydroxylation is 1. The van der Waals surface area contributed by atoms with Crippen molar-refractivity contribution in [3.05, 3.63) is 51.9 Å². The van der Waals surface area contributed by atoms with Crippen LogP contribution >= 0.6 is 0 Å². The maximum absolute atomic E-state index is 12.8. The van der Waals surface area contributed by atoms with Crippen LogP contribution in [0.5, 0.6) is 11.5 Å². The fourth-order valence-corrected chi connectivity index (χ4v) is 3.45. The van der Waals surface area contributed by atoms with Crippen LogP contribution in [0.15, 0.2) is 35.3 Å². The normalized spacial score (nSPS) is 13.7. The molecule has 8 nitrogen and oxygen atoms in total. The highest BCUT2D eigenvalue weighted by Crippen LogP contribution is 2.31. The molecule has 3 rings (SSSR count). The van der Waals surface area contributed by atoms with Gasteiger partial charge in [-0.1, -0.05) is 6.07 Å². The monoisotopic (exact) mass is 399 g/mol. The number of carbonyl (C=O) groups excluding carboxylic acids is 2. The average Bonchev–Trinajstić information content (AvgIpc) is 2.75. The van der Waals surface area contributed by atoms with E-state index in [0.29, 0.717) is 24.4 Å². The molecule has 0 atom stereocenters. The largest absolute Gasteiger partial charge is 0.493 e. The first-order valence-corrected chi connectivity index (χ1v) is 9.48. The summed E-state index contributed by atoms with van der Waals surface area (Å²) in [6, 6.07) is 6.34. The summed E-state index contributed by atoms with van der Waals surface area (Å²) in [6.45, 7) is 1.40. The van der Waals surface area contributed by atoms with Crippen LogP contribution in [0.4, 0.5) is 5.69 Å². The number of benzene rings is 1. The Labute approximate surface area is 169 Å². The predicted molar refractivity (Wildman–Crippen MR) is 109 cm³/mol. The SMILES string of the molecule is COc1cccc(C(=O)Nc2cc(C(=O)N3CCCCC3)cn(C)c2=O)c1OC. The number of pyridine rings is 1. The van der Waals surface area contributed by atoms with Crippen molar-refractivity contribution in [2.45, 2.75) is 19.3 Å². The molecule has 1 fully saturated rings. The molecule has 154 valence electrons. The summed E-state index contributed by atoms with van der Waals surface area (Å²) in [7, 11) is 4.47. The Hall–Kier alpha value is -3.29. The fourth-order valence-electron chi connectivity index (χ4n) is 3.45. The van der Waals surface area contributed by atoms with E-state index in [0.717, 1.165) is 19.3 Å². The minimum atomic E-state index is -0.527. The molecule has 0 unspecified atom stereocenters. The molecule has 1 aliphatic heterocycles. The number of hydrogen-bond donors (Lipinski definition) is 1. The van der Waals surface area contributed by atoms with Gasteiger partial charge in [0.25, 0.3) is 17.4 Å². The first-order valence-electron chi connectivity index (χ1n) is 9.48. The number of ether oxygens (including phenoxy) is 2. The van der Waals surface area contributed by atoms with Crippen LogP contribution in [-0.2, 0) is 7.05 Å². The lowest BCUT2D eigenvalue weighted by atomic mass is 10.1. The molecule has 0 spiro atoms. The van der Waals surface area contributed by atoms with Gasteiger partial charge in [0.1, 0.15) is 5.69 Å². The molecule has 29 heavy (non-hydrogen) atoms. The summed E-state index contributed by atoms with van der Waals surface area (Å²) >= 11 is 0. The third kappa shape index (κ3) is 4.26. The second-order valence-electron chi connectivity index (χ2n) is 6.91. The van der Waals surface area contributed by atoms with E-state index < -0.39 is 11.5 Å². The Kier molecular flexibility index (Phi) is 6.21. The Morgan fingerprint density at radius 2 is 1.79 bits per heavy atom. The van der Waals surface area contributed by atoms with Crippen molar-refractivity contribution >= 4 is 17.5 Å². The van der Waals surface area contributed by atoms with Crippen LogP contribution in [0.3, 0.4) is 0 Å². The Morgan fingerprint density at radius 1 is 1.07 bits per heavy atom. The van der Waals surface area contributed by atoms with Gasteiger partial charge in [-0.25, -0.2) is 0 Å². The van der Waals surface area contributed by atoms with E-state index in [2.05, 4.69) is 5.32 Å². The van der Waals surface area contributed by atoms with Gasteiger partial charge in [-0.2, -0.15) is 0 Å². The average molecular weight is 399 g/mol. The molecule has 0 bridgehead atoms. The lowest BCUT2D eigenvalue weighted by Gasteiger charge is -2.27. The zero-order valence-corrected chi connectivity index (χ0v) is 16.9. The number of anilines is 1. The third-order valence-corrected chi connectivity index (χ3v) is 4.97. The number of nitrogens with one attached hydrogen (secondary N) is 1. The van der Waals surface area contributed by atoms with Crippen molar-refractivity contribution in [3.8, 4) is 11.5 Å². The van der Waals surface area contributed by atoms with Crippen LogP contribution in [0.25, 0.3) is 0 Å². The number of hydrogen-bond acceptors (Lipinski definition) is 5. The molecule has 1 aromatic heterocycles. The first-order chi connectivity index (χ1) is 14.0. The lowest BCUT2D eigenvalue weighted by Crippen LogP contribution is -2.36. The molecule has 0 saturated carbocycles. The van der Waals surface area contributed by atoms with Crippen molar-refractivity contribution in [2.24, 2.45) is 7.05 Å². The molecule has 1 saturated heterocycles. The number of methoxy groups -OCH3 is 2. The number of piperidine rings is 1.